The first kappa shape index (κ1) is 28.0. The van der Waals surface area contributed by atoms with E-state index in [4.69, 9.17) is 9.47 Å². The number of alkyl halides is 3. The number of benzene rings is 6. The van der Waals surface area contributed by atoms with Crippen molar-refractivity contribution in [1.82, 2.24) is 0 Å². The van der Waals surface area contributed by atoms with Crippen LogP contribution >= 0.6 is 0 Å². The number of ether oxygens (including phenoxy) is 2. The highest BCUT2D eigenvalue weighted by Crippen LogP contribution is 2.39. The largest absolute Gasteiger partial charge is 0.485 e. The van der Waals surface area contributed by atoms with Gasteiger partial charge in [-0.3, -0.25) is 0 Å². The highest BCUT2D eigenvalue weighted by atomic mass is 19.4. The topological polar surface area (TPSA) is 18.5 Å². The van der Waals surface area contributed by atoms with E-state index in [-0.39, 0.29) is 0 Å². The molecule has 6 rings (SSSR count). The summed E-state index contributed by atoms with van der Waals surface area (Å²) in [4.78, 5) is 0. The molecule has 6 aromatic carbocycles. The lowest BCUT2D eigenvalue weighted by Gasteiger charge is -2.16. The molecule has 214 valence electrons. The predicted octanol–water partition coefficient (Wildman–Crippen LogP) is 10.5. The Labute approximate surface area is 246 Å². The summed E-state index contributed by atoms with van der Waals surface area (Å²) in [6, 6.07) is 36.7. The summed E-state index contributed by atoms with van der Waals surface area (Å²) in [6.45, 7) is 0.757. The smallest absolute Gasteiger partial charge is 0.419 e. The molecule has 0 bridgehead atoms. The average Bonchev–Trinajstić information content (AvgIpc) is 3.01. The fourth-order valence-corrected chi connectivity index (χ4v) is 4.93. The molecular formula is C37H26F4O2. The minimum absolute atomic E-state index is 0.334. The Balaban J connectivity index is 1.35. The van der Waals surface area contributed by atoms with Gasteiger partial charge >= 0.3 is 6.18 Å². The predicted molar refractivity (Wildman–Crippen MR) is 163 cm³/mol. The van der Waals surface area contributed by atoms with Crippen LogP contribution in [0, 0.1) is 5.82 Å². The van der Waals surface area contributed by atoms with Crippen molar-refractivity contribution in [2.75, 3.05) is 0 Å². The Kier molecular flexibility index (Phi) is 7.84. The van der Waals surface area contributed by atoms with E-state index in [0.717, 1.165) is 50.4 Å². The van der Waals surface area contributed by atoms with Gasteiger partial charge in [-0.2, -0.15) is 13.2 Å². The summed E-state index contributed by atoms with van der Waals surface area (Å²) in [5, 5.41) is 3.83. The molecule has 0 N–H and O–H groups in total. The van der Waals surface area contributed by atoms with E-state index < -0.39 is 17.6 Å². The fraction of sp³-hybridized carbons (Fsp3) is 0.0811. The van der Waals surface area contributed by atoms with E-state index in [0.29, 0.717) is 30.3 Å². The summed E-state index contributed by atoms with van der Waals surface area (Å²) < 4.78 is 65.5. The lowest BCUT2D eigenvalue weighted by molar-refractivity contribution is -0.140. The molecule has 2 nitrogen and oxygen atoms in total. The molecule has 0 unspecified atom stereocenters. The summed E-state index contributed by atoms with van der Waals surface area (Å²) >= 11 is 0. The van der Waals surface area contributed by atoms with Crippen LogP contribution in [0.15, 0.2) is 121 Å². The fourth-order valence-electron chi connectivity index (χ4n) is 4.93. The van der Waals surface area contributed by atoms with Gasteiger partial charge in [0.1, 0.15) is 19.0 Å². The SMILES string of the molecule is Fc1cc(/C=C/c2ccc3cc4ccc(OCc5ccccc5)c(OCc5ccccc5)c4cc3c2)ccc1C(F)(F)F. The molecule has 0 saturated carbocycles. The molecule has 0 atom stereocenters. The number of rotatable bonds is 8. The first-order valence-corrected chi connectivity index (χ1v) is 13.7. The zero-order valence-electron chi connectivity index (χ0n) is 22.9. The molecule has 0 aliphatic carbocycles. The Bertz CT molecular complexity index is 1910. The minimum atomic E-state index is -4.73. The van der Waals surface area contributed by atoms with Crippen LogP contribution in [0.2, 0.25) is 0 Å². The molecule has 0 aromatic heterocycles. The van der Waals surface area contributed by atoms with Crippen molar-refractivity contribution >= 4 is 33.7 Å². The molecule has 0 fully saturated rings. The molecule has 0 radical (unpaired) electrons. The standard InChI is InChI=1S/C37H26F4O2/c38-34-20-26(14-17-33(34)37(39,40)41)12-11-25-13-15-29-21-30-16-18-35(42-23-27-7-3-1-4-8-27)36(32(30)22-31(29)19-25)43-24-28-9-5-2-6-10-28/h1-22H,23-24H2/b12-11+. The van der Waals surface area contributed by atoms with Crippen molar-refractivity contribution in [3.63, 3.8) is 0 Å². The normalized spacial score (nSPS) is 11.8. The third kappa shape index (κ3) is 6.54. The molecular weight excluding hydrogens is 552 g/mol. The minimum Gasteiger partial charge on any atom is -0.485 e. The molecule has 6 heteroatoms. The maximum atomic E-state index is 14.0. The van der Waals surface area contributed by atoms with Crippen molar-refractivity contribution in [3.8, 4) is 11.5 Å². The van der Waals surface area contributed by atoms with E-state index in [1.165, 1.54) is 6.07 Å². The maximum absolute atomic E-state index is 14.0. The van der Waals surface area contributed by atoms with E-state index >= 15 is 0 Å². The maximum Gasteiger partial charge on any atom is 0.419 e. The van der Waals surface area contributed by atoms with Gasteiger partial charge in [0.25, 0.3) is 0 Å². The van der Waals surface area contributed by atoms with Crippen molar-refractivity contribution in [2.24, 2.45) is 0 Å². The first-order valence-electron chi connectivity index (χ1n) is 13.7. The molecule has 0 aliphatic rings. The van der Waals surface area contributed by atoms with E-state index in [1.54, 1.807) is 12.2 Å². The molecule has 0 spiro atoms. The van der Waals surface area contributed by atoms with Gasteiger partial charge in [0, 0.05) is 5.39 Å². The van der Waals surface area contributed by atoms with Crippen LogP contribution in [-0.4, -0.2) is 0 Å². The lowest BCUT2D eigenvalue weighted by Crippen LogP contribution is -2.07. The van der Waals surface area contributed by atoms with Crippen LogP contribution in [0.4, 0.5) is 17.6 Å². The Morgan fingerprint density at radius 1 is 0.558 bits per heavy atom. The highest BCUT2D eigenvalue weighted by Gasteiger charge is 2.33. The van der Waals surface area contributed by atoms with E-state index in [9.17, 15) is 17.6 Å². The van der Waals surface area contributed by atoms with Gasteiger partial charge in [0.2, 0.25) is 0 Å². The van der Waals surface area contributed by atoms with Gasteiger partial charge in [0.05, 0.1) is 5.56 Å². The van der Waals surface area contributed by atoms with Gasteiger partial charge < -0.3 is 9.47 Å². The molecule has 0 saturated heterocycles. The third-order valence-electron chi connectivity index (χ3n) is 7.15. The second kappa shape index (κ2) is 12.0. The van der Waals surface area contributed by atoms with E-state index in [2.05, 4.69) is 12.1 Å². The molecule has 0 heterocycles. The third-order valence-corrected chi connectivity index (χ3v) is 7.15. The first-order chi connectivity index (χ1) is 20.8. The lowest BCUT2D eigenvalue weighted by atomic mass is 10.00. The van der Waals surface area contributed by atoms with Crippen molar-refractivity contribution in [3.05, 3.63) is 155 Å². The summed E-state index contributed by atoms with van der Waals surface area (Å²) in [5.74, 6) is -0.0275. The van der Waals surface area contributed by atoms with Gasteiger partial charge in [-0.25, -0.2) is 4.39 Å². The number of hydrogen-bond donors (Lipinski definition) is 0. The van der Waals surface area contributed by atoms with E-state index in [1.807, 2.05) is 91.0 Å². The van der Waals surface area contributed by atoms with Crippen molar-refractivity contribution in [1.29, 1.82) is 0 Å². The highest BCUT2D eigenvalue weighted by molar-refractivity contribution is 6.02. The zero-order chi connectivity index (χ0) is 29.8. The second-order valence-electron chi connectivity index (χ2n) is 10.2. The van der Waals surface area contributed by atoms with Crippen LogP contribution in [0.25, 0.3) is 33.7 Å². The Hall–Kier alpha value is -5.10. The molecule has 0 aliphatic heterocycles. The average molecular weight is 579 g/mol. The monoisotopic (exact) mass is 578 g/mol. The Morgan fingerprint density at radius 3 is 1.81 bits per heavy atom. The van der Waals surface area contributed by atoms with Crippen LogP contribution in [0.1, 0.15) is 27.8 Å². The number of hydrogen-bond acceptors (Lipinski definition) is 2. The van der Waals surface area contributed by atoms with Crippen LogP contribution < -0.4 is 9.47 Å². The van der Waals surface area contributed by atoms with Gasteiger partial charge in [-0.05, 0) is 74.8 Å². The van der Waals surface area contributed by atoms with Gasteiger partial charge in [-0.1, -0.05) is 97.1 Å². The van der Waals surface area contributed by atoms with Gasteiger partial charge in [0.15, 0.2) is 11.5 Å². The number of halogens is 4. The van der Waals surface area contributed by atoms with Crippen molar-refractivity contribution < 1.29 is 27.0 Å². The summed E-state index contributed by atoms with van der Waals surface area (Å²) in [6.07, 6.45) is -1.39. The van der Waals surface area contributed by atoms with Crippen LogP contribution in [-0.2, 0) is 19.4 Å². The molecule has 6 aromatic rings. The van der Waals surface area contributed by atoms with Crippen LogP contribution in [0.3, 0.4) is 0 Å². The Morgan fingerprint density at radius 2 is 1.16 bits per heavy atom. The summed E-state index contributed by atoms with van der Waals surface area (Å²) in [5.41, 5.74) is 1.94. The zero-order valence-corrected chi connectivity index (χ0v) is 22.9. The quantitative estimate of drug-likeness (QED) is 0.102. The second-order valence-corrected chi connectivity index (χ2v) is 10.2. The molecule has 43 heavy (non-hydrogen) atoms. The number of fused-ring (bicyclic) bond motifs is 2. The van der Waals surface area contributed by atoms with Crippen LogP contribution in [0.5, 0.6) is 11.5 Å². The summed E-state index contributed by atoms with van der Waals surface area (Å²) in [7, 11) is 0. The molecule has 0 amide bonds. The van der Waals surface area contributed by atoms with Crippen molar-refractivity contribution in [2.45, 2.75) is 19.4 Å². The van der Waals surface area contributed by atoms with Gasteiger partial charge in [-0.15, -0.1) is 0 Å².